The zero-order valence-corrected chi connectivity index (χ0v) is 13.6. The van der Waals surface area contributed by atoms with Gasteiger partial charge in [-0.25, -0.2) is 18.1 Å². The van der Waals surface area contributed by atoms with Gasteiger partial charge >= 0.3 is 0 Å². The Kier molecular flexibility index (Phi) is 5.58. The van der Waals surface area contributed by atoms with E-state index in [1.807, 2.05) is 6.92 Å². The van der Waals surface area contributed by atoms with Crippen molar-refractivity contribution in [1.29, 1.82) is 0 Å². The van der Waals surface area contributed by atoms with E-state index in [0.29, 0.717) is 11.7 Å². The molecule has 1 heterocycles. The third kappa shape index (κ3) is 4.41. The van der Waals surface area contributed by atoms with Gasteiger partial charge in [0.1, 0.15) is 10.7 Å². The van der Waals surface area contributed by atoms with Crippen molar-refractivity contribution in [2.75, 3.05) is 11.9 Å². The van der Waals surface area contributed by atoms with E-state index in [9.17, 15) is 8.42 Å². The van der Waals surface area contributed by atoms with Gasteiger partial charge in [0.2, 0.25) is 10.0 Å². The molecule has 2 N–H and O–H groups in total. The fourth-order valence-electron chi connectivity index (χ4n) is 2.88. The van der Waals surface area contributed by atoms with Crippen molar-refractivity contribution in [3.05, 3.63) is 18.3 Å². The minimum Gasteiger partial charge on any atom is -0.370 e. The van der Waals surface area contributed by atoms with Crippen LogP contribution in [0.15, 0.2) is 23.2 Å². The van der Waals surface area contributed by atoms with Crippen LogP contribution >= 0.6 is 0 Å². The van der Waals surface area contributed by atoms with Gasteiger partial charge in [-0.2, -0.15) is 0 Å². The van der Waals surface area contributed by atoms with Crippen LogP contribution in [0.3, 0.4) is 0 Å². The molecule has 1 aliphatic rings. The summed E-state index contributed by atoms with van der Waals surface area (Å²) < 4.78 is 27.6. The molecule has 2 atom stereocenters. The van der Waals surface area contributed by atoms with E-state index < -0.39 is 10.0 Å². The predicted molar refractivity (Wildman–Crippen MR) is 84.8 cm³/mol. The zero-order chi connectivity index (χ0) is 15.3. The van der Waals surface area contributed by atoms with Crippen LogP contribution in [0, 0.1) is 5.92 Å². The number of rotatable bonds is 6. The monoisotopic (exact) mass is 311 g/mol. The van der Waals surface area contributed by atoms with Gasteiger partial charge in [0.25, 0.3) is 0 Å². The molecule has 0 saturated heterocycles. The normalized spacial score (nSPS) is 23.0. The lowest BCUT2D eigenvalue weighted by Gasteiger charge is -2.28. The highest BCUT2D eigenvalue weighted by Crippen LogP contribution is 2.27. The molecule has 21 heavy (non-hydrogen) atoms. The van der Waals surface area contributed by atoms with Crippen molar-refractivity contribution < 1.29 is 8.42 Å². The molecule has 2 rings (SSSR count). The smallest absolute Gasteiger partial charge is 0.242 e. The lowest BCUT2D eigenvalue weighted by atomic mass is 9.85. The van der Waals surface area contributed by atoms with Gasteiger partial charge in [-0.3, -0.25) is 0 Å². The van der Waals surface area contributed by atoms with Gasteiger partial charge in [0.05, 0.1) is 0 Å². The fraction of sp³-hybridized carbons (Fsp3) is 0.667. The third-order valence-electron chi connectivity index (χ3n) is 4.09. The third-order valence-corrected chi connectivity index (χ3v) is 5.59. The first kappa shape index (κ1) is 16.2. The summed E-state index contributed by atoms with van der Waals surface area (Å²) in [6.07, 6.45) is 6.73. The summed E-state index contributed by atoms with van der Waals surface area (Å²) in [6.45, 7) is 4.91. The summed E-state index contributed by atoms with van der Waals surface area (Å²) in [7, 11) is -3.46. The molecule has 1 aromatic rings. The van der Waals surface area contributed by atoms with Crippen molar-refractivity contribution in [1.82, 2.24) is 9.71 Å². The number of hydrogen-bond acceptors (Lipinski definition) is 4. The molecule has 1 fully saturated rings. The van der Waals surface area contributed by atoms with Crippen molar-refractivity contribution in [2.24, 2.45) is 5.92 Å². The molecule has 0 aliphatic heterocycles. The summed E-state index contributed by atoms with van der Waals surface area (Å²) in [4.78, 5) is 4.37. The Morgan fingerprint density at radius 2 is 2.10 bits per heavy atom. The molecule has 2 unspecified atom stereocenters. The zero-order valence-electron chi connectivity index (χ0n) is 12.8. The van der Waals surface area contributed by atoms with Gasteiger partial charge < -0.3 is 5.32 Å². The lowest BCUT2D eigenvalue weighted by molar-refractivity contribution is 0.301. The number of nitrogens with one attached hydrogen (secondary N) is 2. The fourth-order valence-corrected chi connectivity index (χ4v) is 4.11. The minimum atomic E-state index is -3.46. The van der Waals surface area contributed by atoms with E-state index in [4.69, 9.17) is 0 Å². The molecule has 1 aromatic heterocycles. The Balaban J connectivity index is 2.03. The number of hydrogen-bond donors (Lipinski definition) is 2. The van der Waals surface area contributed by atoms with Crippen molar-refractivity contribution in [3.63, 3.8) is 0 Å². The van der Waals surface area contributed by atoms with Crippen molar-refractivity contribution in [3.8, 4) is 0 Å². The van der Waals surface area contributed by atoms with Crippen LogP contribution in [0.1, 0.15) is 46.0 Å². The average molecular weight is 311 g/mol. The largest absolute Gasteiger partial charge is 0.370 e. The van der Waals surface area contributed by atoms with Gasteiger partial charge in [-0.05, 0) is 37.8 Å². The Morgan fingerprint density at radius 3 is 2.71 bits per heavy atom. The molecular formula is C15H25N3O2S. The average Bonchev–Trinajstić information content (AvgIpc) is 2.48. The summed E-state index contributed by atoms with van der Waals surface area (Å²) in [5, 5.41) is 3.05. The molecule has 118 valence electrons. The highest BCUT2D eigenvalue weighted by atomic mass is 32.2. The molecule has 0 aromatic carbocycles. The van der Waals surface area contributed by atoms with E-state index in [-0.39, 0.29) is 10.9 Å². The van der Waals surface area contributed by atoms with Gasteiger partial charge in [-0.15, -0.1) is 0 Å². The quantitative estimate of drug-likeness (QED) is 0.847. The first-order valence-electron chi connectivity index (χ1n) is 7.77. The molecular weight excluding hydrogens is 286 g/mol. The Morgan fingerprint density at radius 1 is 1.29 bits per heavy atom. The first-order chi connectivity index (χ1) is 10.0. The van der Waals surface area contributed by atoms with Crippen LogP contribution in [0.4, 0.5) is 5.82 Å². The van der Waals surface area contributed by atoms with E-state index in [1.54, 1.807) is 12.1 Å². The Bertz CT molecular complexity index is 543. The standard InChI is InChI=1S/C15H25N3O2S/c1-3-12-6-5-7-13(10-12)18-21(19,20)14-8-9-15(16-4-2)17-11-14/h8-9,11-13,18H,3-7,10H2,1-2H3,(H,16,17). The van der Waals surface area contributed by atoms with Gasteiger partial charge in [-0.1, -0.05) is 26.2 Å². The molecule has 6 heteroatoms. The SMILES string of the molecule is CCNc1ccc(S(=O)(=O)NC2CCCC(CC)C2)cn1. The number of nitrogens with zero attached hydrogens (tertiary/aromatic N) is 1. The Hall–Kier alpha value is -1.14. The number of aromatic nitrogens is 1. The second-order valence-corrected chi connectivity index (χ2v) is 7.38. The Labute approximate surface area is 127 Å². The minimum absolute atomic E-state index is 0.0575. The van der Waals surface area contributed by atoms with Crippen molar-refractivity contribution in [2.45, 2.75) is 56.9 Å². The van der Waals surface area contributed by atoms with Crippen LogP contribution in [0.25, 0.3) is 0 Å². The molecule has 5 nitrogen and oxygen atoms in total. The van der Waals surface area contributed by atoms with Crippen LogP contribution in [0.2, 0.25) is 0 Å². The number of sulfonamides is 1. The topological polar surface area (TPSA) is 71.1 Å². The molecule has 0 amide bonds. The van der Waals surface area contributed by atoms with Crippen molar-refractivity contribution >= 4 is 15.8 Å². The molecule has 0 bridgehead atoms. The lowest BCUT2D eigenvalue weighted by Crippen LogP contribution is -2.38. The summed E-state index contributed by atoms with van der Waals surface area (Å²) in [6, 6.07) is 3.36. The van der Waals surface area contributed by atoms with E-state index in [2.05, 4.69) is 21.9 Å². The first-order valence-corrected chi connectivity index (χ1v) is 9.25. The van der Waals surface area contributed by atoms with E-state index >= 15 is 0 Å². The van der Waals surface area contributed by atoms with Crippen LogP contribution in [-0.2, 0) is 10.0 Å². The maximum Gasteiger partial charge on any atom is 0.242 e. The molecule has 0 radical (unpaired) electrons. The second kappa shape index (κ2) is 7.22. The number of anilines is 1. The second-order valence-electron chi connectivity index (χ2n) is 5.67. The van der Waals surface area contributed by atoms with Crippen LogP contribution in [0.5, 0.6) is 0 Å². The highest BCUT2D eigenvalue weighted by Gasteiger charge is 2.25. The molecule has 0 spiro atoms. The molecule has 1 aliphatic carbocycles. The number of pyridine rings is 1. The van der Waals surface area contributed by atoms with Gasteiger partial charge in [0, 0.05) is 18.8 Å². The summed E-state index contributed by atoms with van der Waals surface area (Å²) in [5.74, 6) is 1.33. The summed E-state index contributed by atoms with van der Waals surface area (Å²) in [5.41, 5.74) is 0. The maximum atomic E-state index is 12.4. The predicted octanol–water partition coefficient (Wildman–Crippen LogP) is 2.76. The van der Waals surface area contributed by atoms with E-state index in [1.165, 1.54) is 12.6 Å². The highest BCUT2D eigenvalue weighted by molar-refractivity contribution is 7.89. The molecule has 1 saturated carbocycles. The van der Waals surface area contributed by atoms with E-state index in [0.717, 1.165) is 32.2 Å². The van der Waals surface area contributed by atoms with Crippen LogP contribution in [-0.4, -0.2) is 26.0 Å². The summed E-state index contributed by atoms with van der Waals surface area (Å²) >= 11 is 0. The maximum absolute atomic E-state index is 12.4. The van der Waals surface area contributed by atoms with Gasteiger partial charge in [0.15, 0.2) is 0 Å². The van der Waals surface area contributed by atoms with Crippen LogP contribution < -0.4 is 10.0 Å².